The van der Waals surface area contributed by atoms with Crippen molar-refractivity contribution in [2.45, 2.75) is 51.7 Å². The summed E-state index contributed by atoms with van der Waals surface area (Å²) < 4.78 is 5.41. The first-order valence-corrected chi connectivity index (χ1v) is 5.20. The van der Waals surface area contributed by atoms with Crippen molar-refractivity contribution in [2.24, 2.45) is 0 Å². The van der Waals surface area contributed by atoms with Gasteiger partial charge in [-0.25, -0.2) is 0 Å². The quantitative estimate of drug-likeness (QED) is 0.603. The number of nitrogens with zero attached hydrogens (tertiary/aromatic N) is 1. The Morgan fingerprint density at radius 1 is 1.43 bits per heavy atom. The highest BCUT2D eigenvalue weighted by atomic mass is 16.6. The van der Waals surface area contributed by atoms with Crippen LogP contribution in [0.2, 0.25) is 0 Å². The molecule has 0 amide bonds. The number of ether oxygens (including phenoxy) is 1. The van der Waals surface area contributed by atoms with Gasteiger partial charge in [0.25, 0.3) is 0 Å². The van der Waals surface area contributed by atoms with Crippen molar-refractivity contribution < 1.29 is 9.53 Å². The van der Waals surface area contributed by atoms with Crippen LogP contribution >= 0.6 is 0 Å². The average molecular weight is 199 g/mol. The van der Waals surface area contributed by atoms with Crippen molar-refractivity contribution >= 4 is 5.97 Å². The third-order valence-electron chi connectivity index (χ3n) is 2.84. The van der Waals surface area contributed by atoms with E-state index in [0.29, 0.717) is 0 Å². The molecule has 0 aliphatic carbocycles. The molecule has 82 valence electrons. The maximum atomic E-state index is 11.9. The van der Waals surface area contributed by atoms with Crippen molar-refractivity contribution in [1.29, 1.82) is 0 Å². The first-order valence-electron chi connectivity index (χ1n) is 5.20. The molecule has 0 aromatic heterocycles. The first kappa shape index (κ1) is 11.5. The molecule has 3 nitrogen and oxygen atoms in total. The second-order valence-corrected chi connectivity index (χ2v) is 5.30. The number of esters is 1. The second kappa shape index (κ2) is 3.54. The lowest BCUT2D eigenvalue weighted by Gasteiger charge is -2.33. The molecule has 1 saturated heterocycles. The number of hydrogen-bond acceptors (Lipinski definition) is 3. The van der Waals surface area contributed by atoms with Gasteiger partial charge < -0.3 is 4.74 Å². The Hall–Kier alpha value is -0.570. The van der Waals surface area contributed by atoms with E-state index >= 15 is 0 Å². The van der Waals surface area contributed by atoms with Gasteiger partial charge in [-0.3, -0.25) is 9.69 Å². The summed E-state index contributed by atoms with van der Waals surface area (Å²) in [6.07, 6.45) is 1.98. The number of carbonyl (C=O) groups is 1. The fourth-order valence-electron chi connectivity index (χ4n) is 1.74. The second-order valence-electron chi connectivity index (χ2n) is 5.30. The van der Waals surface area contributed by atoms with Crippen LogP contribution in [0.25, 0.3) is 0 Å². The summed E-state index contributed by atoms with van der Waals surface area (Å²) in [4.78, 5) is 14.0. The predicted molar refractivity (Wildman–Crippen MR) is 56.1 cm³/mol. The van der Waals surface area contributed by atoms with Crippen LogP contribution in [0.1, 0.15) is 40.5 Å². The topological polar surface area (TPSA) is 29.5 Å². The van der Waals surface area contributed by atoms with Crippen LogP contribution < -0.4 is 0 Å². The zero-order valence-corrected chi connectivity index (χ0v) is 9.89. The van der Waals surface area contributed by atoms with Gasteiger partial charge in [0, 0.05) is 0 Å². The van der Waals surface area contributed by atoms with Crippen molar-refractivity contribution in [1.82, 2.24) is 4.90 Å². The fourth-order valence-corrected chi connectivity index (χ4v) is 1.74. The van der Waals surface area contributed by atoms with Gasteiger partial charge in [0.1, 0.15) is 11.1 Å². The minimum atomic E-state index is -0.409. The standard InChI is InChI=1S/C11H21NO2/c1-10(2,3)14-9(13)11(4)7-6-8-12(11)5/h6-8H2,1-5H3. The Morgan fingerprint density at radius 2 is 2.00 bits per heavy atom. The molecule has 0 bridgehead atoms. The molecular weight excluding hydrogens is 178 g/mol. The molecule has 1 aliphatic heterocycles. The van der Waals surface area contributed by atoms with Gasteiger partial charge in [0.2, 0.25) is 0 Å². The molecule has 3 heteroatoms. The zero-order valence-electron chi connectivity index (χ0n) is 9.89. The van der Waals surface area contributed by atoms with Crippen LogP contribution in [0, 0.1) is 0 Å². The van der Waals surface area contributed by atoms with Crippen molar-refractivity contribution in [3.63, 3.8) is 0 Å². The molecule has 1 atom stereocenters. The Morgan fingerprint density at radius 3 is 2.36 bits per heavy atom. The maximum absolute atomic E-state index is 11.9. The molecule has 0 N–H and O–H groups in total. The first-order chi connectivity index (χ1) is 6.26. The number of carbonyl (C=O) groups excluding carboxylic acids is 1. The summed E-state index contributed by atoms with van der Waals surface area (Å²) in [7, 11) is 1.98. The summed E-state index contributed by atoms with van der Waals surface area (Å²) in [6, 6.07) is 0. The maximum Gasteiger partial charge on any atom is 0.326 e. The summed E-state index contributed by atoms with van der Waals surface area (Å²) >= 11 is 0. The number of rotatable bonds is 1. The minimum Gasteiger partial charge on any atom is -0.459 e. The van der Waals surface area contributed by atoms with Gasteiger partial charge in [0.05, 0.1) is 0 Å². The van der Waals surface area contributed by atoms with Crippen LogP contribution in [0.3, 0.4) is 0 Å². The summed E-state index contributed by atoms with van der Waals surface area (Å²) in [6.45, 7) is 8.67. The van der Waals surface area contributed by atoms with Gasteiger partial charge in [0.15, 0.2) is 0 Å². The predicted octanol–water partition coefficient (Wildman–Crippen LogP) is 1.81. The lowest BCUT2D eigenvalue weighted by molar-refractivity contribution is -0.166. The van der Waals surface area contributed by atoms with Crippen LogP contribution in [0.5, 0.6) is 0 Å². The smallest absolute Gasteiger partial charge is 0.326 e. The lowest BCUT2D eigenvalue weighted by Crippen LogP contribution is -2.48. The Kier molecular flexibility index (Phi) is 2.91. The molecular formula is C11H21NO2. The number of likely N-dealkylation sites (N-methyl/N-ethyl adjacent to an activating group) is 1. The molecule has 0 radical (unpaired) electrons. The largest absolute Gasteiger partial charge is 0.459 e. The van der Waals surface area contributed by atoms with Gasteiger partial charge in [-0.15, -0.1) is 0 Å². The van der Waals surface area contributed by atoms with E-state index in [1.165, 1.54) is 0 Å². The van der Waals surface area contributed by atoms with E-state index in [1.54, 1.807) is 0 Å². The molecule has 1 aliphatic rings. The van der Waals surface area contributed by atoms with Crippen molar-refractivity contribution in [2.75, 3.05) is 13.6 Å². The van der Waals surface area contributed by atoms with E-state index in [2.05, 4.69) is 4.90 Å². The molecule has 1 fully saturated rings. The van der Waals surface area contributed by atoms with Crippen LogP contribution in [0.4, 0.5) is 0 Å². The Balaban J connectivity index is 2.68. The lowest BCUT2D eigenvalue weighted by atomic mass is 9.99. The normalized spacial score (nSPS) is 29.2. The Bertz CT molecular complexity index is 232. The third kappa shape index (κ3) is 2.27. The van der Waals surface area contributed by atoms with E-state index in [4.69, 9.17) is 4.74 Å². The number of likely N-dealkylation sites (tertiary alicyclic amines) is 1. The molecule has 0 aromatic carbocycles. The van der Waals surface area contributed by atoms with E-state index in [9.17, 15) is 4.79 Å². The van der Waals surface area contributed by atoms with Gasteiger partial charge in [-0.05, 0) is 54.1 Å². The molecule has 1 rings (SSSR count). The summed E-state index contributed by atoms with van der Waals surface area (Å²) in [5.74, 6) is -0.0926. The highest BCUT2D eigenvalue weighted by molar-refractivity contribution is 5.81. The summed E-state index contributed by atoms with van der Waals surface area (Å²) in [5, 5.41) is 0. The van der Waals surface area contributed by atoms with Crippen LogP contribution in [0.15, 0.2) is 0 Å². The average Bonchev–Trinajstić information content (AvgIpc) is 2.30. The molecule has 0 aromatic rings. The molecule has 1 unspecified atom stereocenters. The van der Waals surface area contributed by atoms with Gasteiger partial charge in [-0.2, -0.15) is 0 Å². The SMILES string of the molecule is CN1CCCC1(C)C(=O)OC(C)(C)C. The van der Waals surface area contributed by atoms with Gasteiger partial charge in [-0.1, -0.05) is 0 Å². The van der Waals surface area contributed by atoms with Crippen molar-refractivity contribution in [3.05, 3.63) is 0 Å². The highest BCUT2D eigenvalue weighted by Crippen LogP contribution is 2.29. The fraction of sp³-hybridized carbons (Fsp3) is 0.909. The molecule has 14 heavy (non-hydrogen) atoms. The minimum absolute atomic E-state index is 0.0926. The van der Waals surface area contributed by atoms with E-state index in [0.717, 1.165) is 19.4 Å². The van der Waals surface area contributed by atoms with E-state index in [1.807, 2.05) is 34.7 Å². The van der Waals surface area contributed by atoms with Gasteiger partial charge >= 0.3 is 5.97 Å². The summed E-state index contributed by atoms with van der Waals surface area (Å²) in [5.41, 5.74) is -0.795. The van der Waals surface area contributed by atoms with E-state index < -0.39 is 5.54 Å². The van der Waals surface area contributed by atoms with Crippen molar-refractivity contribution in [3.8, 4) is 0 Å². The molecule has 0 spiro atoms. The zero-order chi connectivity index (χ0) is 11.0. The Labute approximate surface area is 86.4 Å². The van der Waals surface area contributed by atoms with E-state index in [-0.39, 0.29) is 11.6 Å². The monoisotopic (exact) mass is 199 g/mol. The van der Waals surface area contributed by atoms with Crippen LogP contribution in [-0.4, -0.2) is 35.6 Å². The van der Waals surface area contributed by atoms with Crippen LogP contribution in [-0.2, 0) is 9.53 Å². The highest BCUT2D eigenvalue weighted by Gasteiger charge is 2.43. The molecule has 0 saturated carbocycles. The third-order valence-corrected chi connectivity index (χ3v) is 2.84. The number of hydrogen-bond donors (Lipinski definition) is 0. The molecule has 1 heterocycles.